The summed E-state index contributed by atoms with van der Waals surface area (Å²) in [6, 6.07) is 0. The maximum atomic E-state index is 9.69. The highest BCUT2D eigenvalue weighted by Crippen LogP contribution is 2.40. The van der Waals surface area contributed by atoms with Crippen LogP contribution >= 0.6 is 0 Å². The number of rotatable bonds is 7. The molecule has 124 valence electrons. The van der Waals surface area contributed by atoms with Gasteiger partial charge in [0.25, 0.3) is 0 Å². The van der Waals surface area contributed by atoms with Crippen molar-refractivity contribution in [1.29, 1.82) is 0 Å². The molecule has 0 aromatic rings. The highest BCUT2D eigenvalue weighted by Gasteiger charge is 2.36. The molecule has 1 saturated carbocycles. The zero-order valence-corrected chi connectivity index (χ0v) is 13.9. The van der Waals surface area contributed by atoms with Crippen LogP contribution in [0.1, 0.15) is 45.4 Å². The van der Waals surface area contributed by atoms with Crippen LogP contribution in [0.5, 0.6) is 0 Å². The Labute approximate surface area is 130 Å². The summed E-state index contributed by atoms with van der Waals surface area (Å²) >= 11 is 0. The lowest BCUT2D eigenvalue weighted by atomic mass is 9.69. The standard InChI is InChI=1S/C17H34N2O2/c1-15-4-3-7-17(12-15,13-18-8-11-21-2)14-19-9-5-16(20)6-10-19/h15-16,18,20H,3-14H2,1-2H3. The van der Waals surface area contributed by atoms with Gasteiger partial charge in [0.2, 0.25) is 0 Å². The van der Waals surface area contributed by atoms with Gasteiger partial charge in [-0.2, -0.15) is 0 Å². The van der Waals surface area contributed by atoms with E-state index in [1.807, 2.05) is 0 Å². The molecule has 2 rings (SSSR count). The summed E-state index contributed by atoms with van der Waals surface area (Å²) < 4.78 is 5.15. The van der Waals surface area contributed by atoms with Crippen molar-refractivity contribution in [3.8, 4) is 0 Å². The average molecular weight is 298 g/mol. The fraction of sp³-hybridized carbons (Fsp3) is 1.00. The van der Waals surface area contributed by atoms with Crippen molar-refractivity contribution in [2.24, 2.45) is 11.3 Å². The molecule has 1 saturated heterocycles. The topological polar surface area (TPSA) is 44.7 Å². The fourth-order valence-corrected chi connectivity index (χ4v) is 4.21. The summed E-state index contributed by atoms with van der Waals surface area (Å²) in [5.74, 6) is 0.846. The molecule has 0 radical (unpaired) electrons. The minimum Gasteiger partial charge on any atom is -0.393 e. The van der Waals surface area contributed by atoms with Crippen LogP contribution in [0.4, 0.5) is 0 Å². The third-order valence-corrected chi connectivity index (χ3v) is 5.28. The van der Waals surface area contributed by atoms with Crippen LogP contribution in [-0.4, -0.2) is 62.6 Å². The smallest absolute Gasteiger partial charge is 0.0587 e. The fourth-order valence-electron chi connectivity index (χ4n) is 4.21. The van der Waals surface area contributed by atoms with Crippen LogP contribution in [0.2, 0.25) is 0 Å². The third-order valence-electron chi connectivity index (χ3n) is 5.28. The molecule has 0 aromatic carbocycles. The van der Waals surface area contributed by atoms with E-state index < -0.39 is 0 Å². The normalized spacial score (nSPS) is 32.4. The van der Waals surface area contributed by atoms with Gasteiger partial charge in [-0.05, 0) is 37.0 Å². The number of hydrogen-bond acceptors (Lipinski definition) is 4. The molecule has 2 aliphatic rings. The number of piperidine rings is 1. The molecule has 2 fully saturated rings. The van der Waals surface area contributed by atoms with Gasteiger partial charge >= 0.3 is 0 Å². The summed E-state index contributed by atoms with van der Waals surface area (Å²) in [7, 11) is 1.76. The number of nitrogens with one attached hydrogen (secondary N) is 1. The number of nitrogens with zero attached hydrogens (tertiary/aromatic N) is 1. The van der Waals surface area contributed by atoms with Crippen LogP contribution in [-0.2, 0) is 4.74 Å². The van der Waals surface area contributed by atoms with Gasteiger partial charge in [-0.1, -0.05) is 19.8 Å². The lowest BCUT2D eigenvalue weighted by Crippen LogP contribution is -2.49. The lowest BCUT2D eigenvalue weighted by Gasteiger charge is -2.45. The Bertz CT molecular complexity index is 293. The second kappa shape index (κ2) is 8.47. The van der Waals surface area contributed by atoms with Crippen molar-refractivity contribution >= 4 is 0 Å². The van der Waals surface area contributed by atoms with E-state index in [2.05, 4.69) is 17.1 Å². The number of aliphatic hydroxyl groups is 1. The molecular weight excluding hydrogens is 264 g/mol. The first-order valence-electron chi connectivity index (χ1n) is 8.74. The van der Waals surface area contributed by atoms with Gasteiger partial charge in [-0.3, -0.25) is 0 Å². The molecule has 1 aliphatic heterocycles. The lowest BCUT2D eigenvalue weighted by molar-refractivity contribution is 0.0334. The second-order valence-corrected chi connectivity index (χ2v) is 7.38. The molecule has 1 heterocycles. The van der Waals surface area contributed by atoms with Gasteiger partial charge in [0, 0.05) is 39.8 Å². The van der Waals surface area contributed by atoms with E-state index in [1.54, 1.807) is 7.11 Å². The van der Waals surface area contributed by atoms with Crippen LogP contribution in [0, 0.1) is 11.3 Å². The number of hydrogen-bond donors (Lipinski definition) is 2. The highest BCUT2D eigenvalue weighted by atomic mass is 16.5. The van der Waals surface area contributed by atoms with Crippen molar-refractivity contribution in [2.75, 3.05) is 46.4 Å². The Balaban J connectivity index is 1.88. The summed E-state index contributed by atoms with van der Waals surface area (Å²) in [5, 5.41) is 13.3. The third kappa shape index (κ3) is 5.51. The number of ether oxygens (including phenoxy) is 1. The molecule has 2 unspecified atom stereocenters. The minimum absolute atomic E-state index is 0.0673. The van der Waals surface area contributed by atoms with Crippen LogP contribution in [0.3, 0.4) is 0 Å². The predicted molar refractivity (Wildman–Crippen MR) is 86.5 cm³/mol. The molecule has 0 amide bonds. The molecule has 0 aromatic heterocycles. The number of methoxy groups -OCH3 is 1. The molecule has 4 heteroatoms. The molecule has 21 heavy (non-hydrogen) atoms. The largest absolute Gasteiger partial charge is 0.393 e. The van der Waals surface area contributed by atoms with Gasteiger partial charge in [0.1, 0.15) is 0 Å². The van der Waals surface area contributed by atoms with E-state index in [4.69, 9.17) is 4.74 Å². The quantitative estimate of drug-likeness (QED) is 0.704. The molecule has 4 nitrogen and oxygen atoms in total. The summed E-state index contributed by atoms with van der Waals surface area (Å²) in [6.07, 6.45) is 7.26. The van der Waals surface area contributed by atoms with Crippen molar-refractivity contribution in [3.05, 3.63) is 0 Å². The van der Waals surface area contributed by atoms with E-state index >= 15 is 0 Å². The maximum Gasteiger partial charge on any atom is 0.0587 e. The first-order chi connectivity index (χ1) is 10.1. The van der Waals surface area contributed by atoms with Crippen LogP contribution in [0.25, 0.3) is 0 Å². The van der Waals surface area contributed by atoms with Crippen molar-refractivity contribution in [2.45, 2.75) is 51.6 Å². The molecule has 2 atom stereocenters. The first kappa shape index (κ1) is 17.2. The van der Waals surface area contributed by atoms with Gasteiger partial charge < -0.3 is 20.1 Å². The number of aliphatic hydroxyl groups excluding tert-OH is 1. The van der Waals surface area contributed by atoms with Gasteiger partial charge in [-0.25, -0.2) is 0 Å². The Hall–Kier alpha value is -0.160. The van der Waals surface area contributed by atoms with Gasteiger partial charge in [-0.15, -0.1) is 0 Å². The molecular formula is C17H34N2O2. The second-order valence-electron chi connectivity index (χ2n) is 7.38. The maximum absolute atomic E-state index is 9.69. The zero-order valence-electron chi connectivity index (χ0n) is 13.9. The summed E-state index contributed by atoms with van der Waals surface area (Å²) in [6.45, 7) is 8.59. The van der Waals surface area contributed by atoms with Crippen molar-refractivity contribution in [3.63, 3.8) is 0 Å². The van der Waals surface area contributed by atoms with E-state index in [0.29, 0.717) is 5.41 Å². The van der Waals surface area contributed by atoms with Crippen LogP contribution < -0.4 is 5.32 Å². The van der Waals surface area contributed by atoms with E-state index in [0.717, 1.165) is 51.5 Å². The Morgan fingerprint density at radius 1 is 1.29 bits per heavy atom. The summed E-state index contributed by atoms with van der Waals surface area (Å²) in [5.41, 5.74) is 0.424. The molecule has 0 bridgehead atoms. The van der Waals surface area contributed by atoms with Crippen molar-refractivity contribution in [1.82, 2.24) is 10.2 Å². The molecule has 1 aliphatic carbocycles. The Kier molecular flexibility index (Phi) is 6.93. The predicted octanol–water partition coefficient (Wildman–Crippen LogP) is 1.88. The monoisotopic (exact) mass is 298 g/mol. The molecule has 2 N–H and O–H groups in total. The molecule has 0 spiro atoms. The van der Waals surface area contributed by atoms with E-state index in [1.165, 1.54) is 32.2 Å². The van der Waals surface area contributed by atoms with E-state index in [9.17, 15) is 5.11 Å². The Morgan fingerprint density at radius 3 is 2.71 bits per heavy atom. The first-order valence-corrected chi connectivity index (χ1v) is 8.74. The van der Waals surface area contributed by atoms with Crippen LogP contribution in [0.15, 0.2) is 0 Å². The zero-order chi connectivity index (χ0) is 15.1. The highest BCUT2D eigenvalue weighted by molar-refractivity contribution is 4.91. The Morgan fingerprint density at radius 2 is 2.05 bits per heavy atom. The summed E-state index contributed by atoms with van der Waals surface area (Å²) in [4.78, 5) is 2.59. The minimum atomic E-state index is -0.0673. The number of likely N-dealkylation sites (tertiary alicyclic amines) is 1. The van der Waals surface area contributed by atoms with Gasteiger partial charge in [0.15, 0.2) is 0 Å². The average Bonchev–Trinajstić information content (AvgIpc) is 2.46. The SMILES string of the molecule is COCCNCC1(CN2CCC(O)CC2)CCCC(C)C1. The van der Waals surface area contributed by atoms with Gasteiger partial charge in [0.05, 0.1) is 12.7 Å². The van der Waals surface area contributed by atoms with E-state index in [-0.39, 0.29) is 6.10 Å². The van der Waals surface area contributed by atoms with Crippen molar-refractivity contribution < 1.29 is 9.84 Å².